The van der Waals surface area contributed by atoms with E-state index in [-0.39, 0.29) is 11.7 Å². The van der Waals surface area contributed by atoms with Crippen molar-refractivity contribution in [1.82, 2.24) is 20.2 Å². The average Bonchev–Trinajstić information content (AvgIpc) is 3.17. The molecule has 8 heteroatoms. The van der Waals surface area contributed by atoms with Gasteiger partial charge >= 0.3 is 0 Å². The summed E-state index contributed by atoms with van der Waals surface area (Å²) in [4.78, 5) is 20.6. The standard InChI is InChI=1S/C18H13N5OS2/c24-16(21-15-7-10-20-14-4-2-1-3-13(14)15)11-25-18-23-22-17(26-18)12-5-8-19-9-6-12/h1-10H,11H2,(H,20,21,24). The van der Waals surface area contributed by atoms with Crippen LogP contribution in [0.5, 0.6) is 0 Å². The van der Waals surface area contributed by atoms with Crippen molar-refractivity contribution < 1.29 is 4.79 Å². The van der Waals surface area contributed by atoms with Gasteiger partial charge in [-0.05, 0) is 24.3 Å². The Balaban J connectivity index is 1.41. The lowest BCUT2D eigenvalue weighted by atomic mass is 10.2. The highest BCUT2D eigenvalue weighted by molar-refractivity contribution is 8.01. The summed E-state index contributed by atoms with van der Waals surface area (Å²) in [6, 6.07) is 13.3. The molecule has 26 heavy (non-hydrogen) atoms. The highest BCUT2D eigenvalue weighted by atomic mass is 32.2. The van der Waals surface area contributed by atoms with E-state index in [4.69, 9.17) is 0 Å². The molecule has 0 aliphatic rings. The van der Waals surface area contributed by atoms with E-state index in [9.17, 15) is 4.79 Å². The molecule has 4 aromatic rings. The van der Waals surface area contributed by atoms with E-state index >= 15 is 0 Å². The summed E-state index contributed by atoms with van der Waals surface area (Å²) in [5.41, 5.74) is 2.58. The Hall–Kier alpha value is -2.84. The van der Waals surface area contributed by atoms with Crippen LogP contribution in [0.4, 0.5) is 5.69 Å². The quantitative estimate of drug-likeness (QED) is 0.530. The maximum absolute atomic E-state index is 12.3. The second-order valence-electron chi connectivity index (χ2n) is 5.32. The van der Waals surface area contributed by atoms with Crippen LogP contribution in [-0.2, 0) is 4.79 Å². The second kappa shape index (κ2) is 7.59. The van der Waals surface area contributed by atoms with Crippen LogP contribution in [0.3, 0.4) is 0 Å². The molecule has 1 amide bonds. The van der Waals surface area contributed by atoms with E-state index in [2.05, 4.69) is 25.5 Å². The number of pyridine rings is 2. The van der Waals surface area contributed by atoms with Crippen LogP contribution < -0.4 is 5.32 Å². The number of carbonyl (C=O) groups is 1. The Kier molecular flexibility index (Phi) is 4.85. The van der Waals surface area contributed by atoms with E-state index in [0.717, 1.165) is 31.5 Å². The molecule has 0 saturated carbocycles. The van der Waals surface area contributed by atoms with E-state index in [1.54, 1.807) is 24.7 Å². The molecular weight excluding hydrogens is 366 g/mol. The van der Waals surface area contributed by atoms with Gasteiger partial charge in [-0.25, -0.2) is 0 Å². The number of hydrogen-bond acceptors (Lipinski definition) is 7. The zero-order chi connectivity index (χ0) is 17.8. The maximum atomic E-state index is 12.3. The van der Waals surface area contributed by atoms with Gasteiger partial charge in [-0.3, -0.25) is 14.8 Å². The van der Waals surface area contributed by atoms with Gasteiger partial charge in [-0.2, -0.15) is 0 Å². The monoisotopic (exact) mass is 379 g/mol. The van der Waals surface area contributed by atoms with Crippen molar-refractivity contribution in [3.8, 4) is 10.6 Å². The van der Waals surface area contributed by atoms with Gasteiger partial charge < -0.3 is 5.32 Å². The molecule has 0 bridgehead atoms. The van der Waals surface area contributed by atoms with Gasteiger partial charge in [0.25, 0.3) is 0 Å². The van der Waals surface area contributed by atoms with Gasteiger partial charge in [0.05, 0.1) is 17.0 Å². The summed E-state index contributed by atoms with van der Waals surface area (Å²) in [6.45, 7) is 0. The first-order chi connectivity index (χ1) is 12.8. The van der Waals surface area contributed by atoms with Crippen molar-refractivity contribution in [2.75, 3.05) is 11.1 Å². The number of anilines is 1. The third-order valence-corrected chi connectivity index (χ3v) is 5.69. The molecule has 3 aromatic heterocycles. The lowest BCUT2D eigenvalue weighted by molar-refractivity contribution is -0.113. The van der Waals surface area contributed by atoms with E-state index in [0.29, 0.717) is 0 Å². The number of aromatic nitrogens is 4. The van der Waals surface area contributed by atoms with Gasteiger partial charge in [0.1, 0.15) is 5.01 Å². The molecule has 1 N–H and O–H groups in total. The number of fused-ring (bicyclic) bond motifs is 1. The van der Waals surface area contributed by atoms with Crippen LogP contribution >= 0.6 is 23.1 Å². The van der Waals surface area contributed by atoms with Crippen LogP contribution in [0.2, 0.25) is 0 Å². The molecule has 3 heterocycles. The minimum Gasteiger partial charge on any atom is -0.325 e. The summed E-state index contributed by atoms with van der Waals surface area (Å²) >= 11 is 2.83. The number of carbonyl (C=O) groups excluding carboxylic acids is 1. The van der Waals surface area contributed by atoms with Gasteiger partial charge in [-0.15, -0.1) is 10.2 Å². The van der Waals surface area contributed by atoms with Gasteiger partial charge in [-0.1, -0.05) is 41.3 Å². The van der Waals surface area contributed by atoms with E-state index in [1.807, 2.05) is 36.4 Å². The third-order valence-electron chi connectivity index (χ3n) is 3.58. The van der Waals surface area contributed by atoms with Crippen LogP contribution in [0.15, 0.2) is 65.4 Å². The molecule has 6 nitrogen and oxygen atoms in total. The molecule has 128 valence electrons. The molecule has 0 atom stereocenters. The number of hydrogen-bond donors (Lipinski definition) is 1. The Bertz CT molecular complexity index is 1050. The number of nitrogens with one attached hydrogen (secondary N) is 1. The van der Waals surface area contributed by atoms with Gasteiger partial charge in [0.15, 0.2) is 4.34 Å². The Labute approximate surface area is 157 Å². The molecule has 0 fully saturated rings. The summed E-state index contributed by atoms with van der Waals surface area (Å²) < 4.78 is 0.756. The Morgan fingerprint density at radius 2 is 1.88 bits per heavy atom. The Morgan fingerprint density at radius 3 is 2.77 bits per heavy atom. The lowest BCUT2D eigenvalue weighted by Gasteiger charge is -2.07. The molecule has 0 aliphatic carbocycles. The third kappa shape index (κ3) is 3.71. The first kappa shape index (κ1) is 16.6. The summed E-state index contributed by atoms with van der Waals surface area (Å²) in [6.07, 6.45) is 5.13. The fourth-order valence-electron chi connectivity index (χ4n) is 2.40. The van der Waals surface area contributed by atoms with Crippen LogP contribution in [0.1, 0.15) is 0 Å². The molecule has 0 unspecified atom stereocenters. The van der Waals surface area contributed by atoms with Crippen molar-refractivity contribution in [2.45, 2.75) is 4.34 Å². The molecule has 0 radical (unpaired) electrons. The number of amides is 1. The van der Waals surface area contributed by atoms with Crippen LogP contribution in [-0.4, -0.2) is 31.8 Å². The van der Waals surface area contributed by atoms with E-state index < -0.39 is 0 Å². The van der Waals surface area contributed by atoms with Crippen molar-refractivity contribution in [3.63, 3.8) is 0 Å². The number of para-hydroxylation sites is 1. The SMILES string of the molecule is O=C(CSc1nnc(-c2ccncc2)s1)Nc1ccnc2ccccc12. The first-order valence-corrected chi connectivity index (χ1v) is 9.60. The minimum atomic E-state index is -0.0907. The topological polar surface area (TPSA) is 80.7 Å². The highest BCUT2D eigenvalue weighted by Gasteiger charge is 2.11. The fourth-order valence-corrected chi connectivity index (χ4v) is 4.05. The second-order valence-corrected chi connectivity index (χ2v) is 7.52. The Morgan fingerprint density at radius 1 is 1.04 bits per heavy atom. The predicted octanol–water partition coefficient (Wildman–Crippen LogP) is 3.88. The van der Waals surface area contributed by atoms with Gasteiger partial charge in [0.2, 0.25) is 5.91 Å². The van der Waals surface area contributed by atoms with Crippen molar-refractivity contribution in [3.05, 3.63) is 61.1 Å². The van der Waals surface area contributed by atoms with Gasteiger partial charge in [0, 0.05) is 29.5 Å². The van der Waals surface area contributed by atoms with Crippen LogP contribution in [0.25, 0.3) is 21.5 Å². The maximum Gasteiger partial charge on any atom is 0.234 e. The highest BCUT2D eigenvalue weighted by Crippen LogP contribution is 2.29. The average molecular weight is 379 g/mol. The minimum absolute atomic E-state index is 0.0907. The predicted molar refractivity (Wildman–Crippen MR) is 104 cm³/mol. The zero-order valence-corrected chi connectivity index (χ0v) is 15.1. The van der Waals surface area contributed by atoms with Crippen molar-refractivity contribution in [1.29, 1.82) is 0 Å². The number of rotatable bonds is 5. The summed E-state index contributed by atoms with van der Waals surface area (Å²) in [5.74, 6) is 0.175. The zero-order valence-electron chi connectivity index (χ0n) is 13.5. The van der Waals surface area contributed by atoms with Crippen LogP contribution in [0, 0.1) is 0 Å². The first-order valence-electron chi connectivity index (χ1n) is 7.80. The smallest absolute Gasteiger partial charge is 0.234 e. The normalized spacial score (nSPS) is 10.8. The lowest BCUT2D eigenvalue weighted by Crippen LogP contribution is -2.14. The molecule has 4 rings (SSSR count). The molecule has 0 spiro atoms. The van der Waals surface area contributed by atoms with Crippen molar-refractivity contribution in [2.24, 2.45) is 0 Å². The number of thioether (sulfide) groups is 1. The molecule has 0 saturated heterocycles. The fraction of sp³-hybridized carbons (Fsp3) is 0.0556. The summed E-state index contributed by atoms with van der Waals surface area (Å²) in [5, 5.41) is 13.0. The molecular formula is C18H13N5OS2. The number of benzene rings is 1. The largest absolute Gasteiger partial charge is 0.325 e. The van der Waals surface area contributed by atoms with Crippen molar-refractivity contribution >= 4 is 45.6 Å². The summed E-state index contributed by atoms with van der Waals surface area (Å²) in [7, 11) is 0. The number of nitrogens with zero attached hydrogens (tertiary/aromatic N) is 4. The molecule has 0 aliphatic heterocycles. The van der Waals surface area contributed by atoms with E-state index in [1.165, 1.54) is 23.1 Å². The molecule has 1 aromatic carbocycles.